The minimum absolute atomic E-state index is 0.0142. The van der Waals surface area contributed by atoms with Crippen LogP contribution in [0.5, 0.6) is 0 Å². The van der Waals surface area contributed by atoms with Gasteiger partial charge in [0.1, 0.15) is 0 Å². The first-order valence-corrected chi connectivity index (χ1v) is 5.04. The lowest BCUT2D eigenvalue weighted by Gasteiger charge is -2.11. The molecule has 1 N–H and O–H groups in total. The van der Waals surface area contributed by atoms with Gasteiger partial charge in [-0.3, -0.25) is 9.89 Å². The van der Waals surface area contributed by atoms with Gasteiger partial charge in [-0.15, -0.1) is 0 Å². The van der Waals surface area contributed by atoms with Crippen molar-refractivity contribution in [1.82, 2.24) is 10.2 Å². The van der Waals surface area contributed by atoms with Crippen LogP contribution in [-0.2, 0) is 4.79 Å². The molecule has 1 aliphatic heterocycles. The Hall–Kier alpha value is -2.17. The zero-order valence-corrected chi connectivity index (χ0v) is 8.77. The fourth-order valence-electron chi connectivity index (χ4n) is 1.82. The molecular formula is C11H10N4O. The van der Waals surface area contributed by atoms with Crippen molar-refractivity contribution in [2.75, 3.05) is 5.01 Å². The van der Waals surface area contributed by atoms with Crippen LogP contribution in [0.25, 0.3) is 10.9 Å². The number of nitrogens with zero attached hydrogens (tertiary/aromatic N) is 3. The van der Waals surface area contributed by atoms with Crippen molar-refractivity contribution >= 4 is 28.2 Å². The molecule has 0 saturated carbocycles. The number of amides is 1. The van der Waals surface area contributed by atoms with Gasteiger partial charge in [0, 0.05) is 11.1 Å². The molecule has 1 amide bonds. The highest BCUT2D eigenvalue weighted by molar-refractivity contribution is 6.12. The van der Waals surface area contributed by atoms with Gasteiger partial charge in [-0.05, 0) is 25.1 Å². The van der Waals surface area contributed by atoms with Crippen LogP contribution in [0.15, 0.2) is 29.5 Å². The first-order valence-electron chi connectivity index (χ1n) is 5.04. The van der Waals surface area contributed by atoms with Crippen LogP contribution in [0.3, 0.4) is 0 Å². The molecule has 0 radical (unpaired) electrons. The molecule has 80 valence electrons. The normalized spacial score (nSPS) is 15.9. The molecule has 3 rings (SSSR count). The molecule has 5 heteroatoms. The van der Waals surface area contributed by atoms with Crippen molar-refractivity contribution in [2.45, 2.75) is 13.3 Å². The third kappa shape index (κ3) is 1.29. The molecule has 0 fully saturated rings. The van der Waals surface area contributed by atoms with E-state index >= 15 is 0 Å². The first kappa shape index (κ1) is 9.08. The number of benzene rings is 1. The molecule has 2 aromatic rings. The maximum atomic E-state index is 11.6. The quantitative estimate of drug-likeness (QED) is 0.785. The number of H-pyrrole nitrogens is 1. The summed E-state index contributed by atoms with van der Waals surface area (Å²) in [4.78, 5) is 11.6. The van der Waals surface area contributed by atoms with Gasteiger partial charge < -0.3 is 0 Å². The molecule has 1 aromatic heterocycles. The van der Waals surface area contributed by atoms with Crippen molar-refractivity contribution in [1.29, 1.82) is 0 Å². The van der Waals surface area contributed by atoms with Crippen LogP contribution in [0.4, 0.5) is 5.69 Å². The van der Waals surface area contributed by atoms with Crippen molar-refractivity contribution in [2.24, 2.45) is 5.10 Å². The summed E-state index contributed by atoms with van der Waals surface area (Å²) in [6.45, 7) is 1.86. The molecule has 1 aromatic carbocycles. The number of rotatable bonds is 1. The van der Waals surface area contributed by atoms with E-state index in [1.807, 2.05) is 25.1 Å². The third-order valence-electron chi connectivity index (χ3n) is 2.58. The lowest BCUT2D eigenvalue weighted by molar-refractivity contribution is -0.116. The maximum Gasteiger partial charge on any atom is 0.253 e. The van der Waals surface area contributed by atoms with E-state index in [2.05, 4.69) is 15.3 Å². The highest BCUT2D eigenvalue weighted by Gasteiger charge is 2.22. The largest absolute Gasteiger partial charge is 0.278 e. The molecular weight excluding hydrogens is 204 g/mol. The highest BCUT2D eigenvalue weighted by Crippen LogP contribution is 2.24. The minimum Gasteiger partial charge on any atom is -0.278 e. The molecule has 0 aliphatic carbocycles. The summed E-state index contributed by atoms with van der Waals surface area (Å²) in [5.74, 6) is 0.0142. The van der Waals surface area contributed by atoms with Gasteiger partial charge in [0.2, 0.25) is 0 Å². The van der Waals surface area contributed by atoms with Gasteiger partial charge >= 0.3 is 0 Å². The van der Waals surface area contributed by atoms with Crippen molar-refractivity contribution in [3.05, 3.63) is 24.4 Å². The standard InChI is InChI=1S/C11H10N4O/c1-7-4-11(16)15(14-7)9-2-3-10-8(5-9)6-12-13-10/h2-3,5-6H,4H2,1H3,(H,12,13). The lowest BCUT2D eigenvalue weighted by atomic mass is 10.2. The van der Waals surface area contributed by atoms with Crippen molar-refractivity contribution in [3.8, 4) is 0 Å². The van der Waals surface area contributed by atoms with E-state index in [0.29, 0.717) is 6.42 Å². The number of anilines is 1. The van der Waals surface area contributed by atoms with E-state index in [0.717, 1.165) is 22.3 Å². The highest BCUT2D eigenvalue weighted by atomic mass is 16.2. The van der Waals surface area contributed by atoms with Crippen LogP contribution in [-0.4, -0.2) is 21.8 Å². The van der Waals surface area contributed by atoms with E-state index < -0.39 is 0 Å². The maximum absolute atomic E-state index is 11.6. The Morgan fingerprint density at radius 3 is 3.06 bits per heavy atom. The van der Waals surface area contributed by atoms with Gasteiger partial charge in [0.05, 0.1) is 23.8 Å². The van der Waals surface area contributed by atoms with Gasteiger partial charge in [-0.2, -0.15) is 10.2 Å². The van der Waals surface area contributed by atoms with Gasteiger partial charge in [0.15, 0.2) is 0 Å². The Balaban J connectivity index is 2.08. The summed E-state index contributed by atoms with van der Waals surface area (Å²) in [6, 6.07) is 5.66. The van der Waals surface area contributed by atoms with Crippen LogP contribution in [0, 0.1) is 0 Å². The molecule has 0 spiro atoms. The number of hydrazone groups is 1. The van der Waals surface area contributed by atoms with Crippen LogP contribution in [0.2, 0.25) is 0 Å². The van der Waals surface area contributed by atoms with E-state index in [9.17, 15) is 4.79 Å². The molecule has 1 aliphatic rings. The van der Waals surface area contributed by atoms with Crippen molar-refractivity contribution in [3.63, 3.8) is 0 Å². The van der Waals surface area contributed by atoms with E-state index in [1.165, 1.54) is 5.01 Å². The molecule has 0 atom stereocenters. The summed E-state index contributed by atoms with van der Waals surface area (Å²) < 4.78 is 0. The predicted molar refractivity (Wildman–Crippen MR) is 61.3 cm³/mol. The lowest BCUT2D eigenvalue weighted by Crippen LogP contribution is -2.19. The smallest absolute Gasteiger partial charge is 0.253 e. The minimum atomic E-state index is 0.0142. The second-order valence-electron chi connectivity index (χ2n) is 3.86. The van der Waals surface area contributed by atoms with Gasteiger partial charge in [0.25, 0.3) is 5.91 Å². The van der Waals surface area contributed by atoms with Crippen LogP contribution < -0.4 is 5.01 Å². The number of carbonyl (C=O) groups excluding carboxylic acids is 1. The average Bonchev–Trinajstić information content (AvgIpc) is 2.83. The van der Waals surface area contributed by atoms with E-state index in [4.69, 9.17) is 0 Å². The third-order valence-corrected chi connectivity index (χ3v) is 2.58. The molecule has 0 saturated heterocycles. The summed E-state index contributed by atoms with van der Waals surface area (Å²) >= 11 is 0. The molecule has 0 bridgehead atoms. The fraction of sp³-hybridized carbons (Fsp3) is 0.182. The number of aromatic nitrogens is 2. The monoisotopic (exact) mass is 214 g/mol. The average molecular weight is 214 g/mol. The van der Waals surface area contributed by atoms with E-state index in [1.54, 1.807) is 6.20 Å². The van der Waals surface area contributed by atoms with Gasteiger partial charge in [-0.1, -0.05) is 0 Å². The number of fused-ring (bicyclic) bond motifs is 1. The first-order chi connectivity index (χ1) is 7.74. The second kappa shape index (κ2) is 3.16. The second-order valence-corrected chi connectivity index (χ2v) is 3.86. The summed E-state index contributed by atoms with van der Waals surface area (Å²) in [7, 11) is 0. The summed E-state index contributed by atoms with van der Waals surface area (Å²) in [5, 5.41) is 13.4. The van der Waals surface area contributed by atoms with Gasteiger partial charge in [-0.25, -0.2) is 5.01 Å². The number of aromatic amines is 1. The zero-order chi connectivity index (χ0) is 11.1. The summed E-state index contributed by atoms with van der Waals surface area (Å²) in [5.41, 5.74) is 2.59. The van der Waals surface area contributed by atoms with Crippen LogP contribution in [0.1, 0.15) is 13.3 Å². The number of hydrogen-bond acceptors (Lipinski definition) is 3. The number of carbonyl (C=O) groups is 1. The molecule has 16 heavy (non-hydrogen) atoms. The van der Waals surface area contributed by atoms with E-state index in [-0.39, 0.29) is 5.91 Å². The van der Waals surface area contributed by atoms with Crippen LogP contribution >= 0.6 is 0 Å². The topological polar surface area (TPSA) is 61.4 Å². The Morgan fingerprint density at radius 2 is 2.31 bits per heavy atom. The molecule has 0 unspecified atom stereocenters. The molecule has 5 nitrogen and oxygen atoms in total. The number of nitrogens with one attached hydrogen (secondary N) is 1. The Bertz CT molecular complexity index is 599. The SMILES string of the molecule is CC1=NN(c2ccc3[nH]ncc3c2)C(=O)C1. The summed E-state index contributed by atoms with van der Waals surface area (Å²) in [6.07, 6.45) is 2.14. The Morgan fingerprint density at radius 1 is 1.44 bits per heavy atom. The number of hydrogen-bond donors (Lipinski definition) is 1. The molecule has 2 heterocycles. The predicted octanol–water partition coefficient (Wildman–Crippen LogP) is 1.68. The van der Waals surface area contributed by atoms with Crippen molar-refractivity contribution < 1.29 is 4.79 Å². The Labute approximate surface area is 91.8 Å². The fourth-order valence-corrected chi connectivity index (χ4v) is 1.82. The zero-order valence-electron chi connectivity index (χ0n) is 8.77. The Kier molecular flexibility index (Phi) is 1.80.